The Labute approximate surface area is 135 Å². The van der Waals surface area contributed by atoms with Crippen LogP contribution in [0.3, 0.4) is 0 Å². The van der Waals surface area contributed by atoms with Crippen molar-refractivity contribution in [3.8, 4) is 18.2 Å². The monoisotopic (exact) mass is 316 g/mol. The van der Waals surface area contributed by atoms with Gasteiger partial charge in [-0.1, -0.05) is 26.1 Å². The number of hydrogen-bond donors (Lipinski definition) is 0. The van der Waals surface area contributed by atoms with E-state index in [1.807, 2.05) is 30.3 Å². The van der Waals surface area contributed by atoms with Gasteiger partial charge in [0, 0.05) is 18.3 Å². The molecule has 0 bridgehead atoms. The summed E-state index contributed by atoms with van der Waals surface area (Å²) in [6.45, 7) is 4.12. The van der Waals surface area contributed by atoms with E-state index < -0.39 is 0 Å². The maximum atomic E-state index is 9.51. The summed E-state index contributed by atoms with van der Waals surface area (Å²) in [5, 5.41) is 27.8. The molecule has 0 N–H and O–H groups in total. The summed E-state index contributed by atoms with van der Waals surface area (Å²) in [6, 6.07) is 5.97. The molecule has 0 aliphatic heterocycles. The second-order valence-electron chi connectivity index (χ2n) is 5.56. The van der Waals surface area contributed by atoms with Crippen molar-refractivity contribution in [3.05, 3.63) is 22.4 Å². The van der Waals surface area contributed by atoms with Crippen LogP contribution in [0, 0.1) is 39.4 Å². The molecule has 0 aromatic heterocycles. The molecule has 0 fully saturated rings. The van der Waals surface area contributed by atoms with Crippen molar-refractivity contribution in [2.24, 2.45) is 5.41 Å². The van der Waals surface area contributed by atoms with Crippen molar-refractivity contribution < 1.29 is 0 Å². The zero-order valence-electron chi connectivity index (χ0n) is 12.5. The lowest BCUT2D eigenvalue weighted by Crippen LogP contribution is -2.31. The van der Waals surface area contributed by atoms with Gasteiger partial charge < -0.3 is 4.90 Å². The Morgan fingerprint density at radius 3 is 2.24 bits per heavy atom. The Balaban J connectivity index is 3.60. The molecule has 0 saturated carbocycles. The smallest absolute Gasteiger partial charge is 0.140 e. The van der Waals surface area contributed by atoms with E-state index in [0.29, 0.717) is 28.3 Å². The first-order valence-electron chi connectivity index (χ1n) is 6.30. The summed E-state index contributed by atoms with van der Waals surface area (Å²) in [5.74, 6) is 0. The minimum Gasteiger partial charge on any atom is -0.333 e. The average Bonchev–Trinajstić information content (AvgIpc) is 2.45. The van der Waals surface area contributed by atoms with Gasteiger partial charge in [0.2, 0.25) is 0 Å². The molecule has 0 aromatic carbocycles. The first-order valence-corrected chi connectivity index (χ1v) is 7.93. The van der Waals surface area contributed by atoms with Crippen LogP contribution in [0.4, 0.5) is 0 Å². The van der Waals surface area contributed by atoms with E-state index in [2.05, 4.69) is 19.9 Å². The maximum absolute atomic E-state index is 9.51. The fourth-order valence-corrected chi connectivity index (χ4v) is 2.88. The minimum absolute atomic E-state index is 0.0142. The number of allylic oxidation sites excluding steroid dienone is 4. The summed E-state index contributed by atoms with van der Waals surface area (Å²) < 4.78 is 0.658. The lowest BCUT2D eigenvalue weighted by Gasteiger charge is -2.36. The van der Waals surface area contributed by atoms with Gasteiger partial charge in [-0.05, 0) is 24.5 Å². The molecule has 6 heteroatoms. The summed E-state index contributed by atoms with van der Waals surface area (Å²) in [6.07, 6.45) is 3.10. The van der Waals surface area contributed by atoms with Crippen molar-refractivity contribution in [1.82, 2.24) is 4.90 Å². The molecular formula is C15H16N4S2. The van der Waals surface area contributed by atoms with Crippen LogP contribution in [0.5, 0.6) is 0 Å². The van der Waals surface area contributed by atoms with Gasteiger partial charge in [-0.15, -0.1) is 11.8 Å². The van der Waals surface area contributed by atoms with E-state index in [4.69, 9.17) is 22.7 Å². The molecule has 1 aliphatic rings. The van der Waals surface area contributed by atoms with Crippen molar-refractivity contribution in [2.75, 3.05) is 13.3 Å². The van der Waals surface area contributed by atoms with Gasteiger partial charge in [-0.25, -0.2) is 0 Å². The molecule has 108 valence electrons. The molecule has 0 amide bonds. The Morgan fingerprint density at radius 1 is 1.24 bits per heavy atom. The van der Waals surface area contributed by atoms with Gasteiger partial charge in [0.05, 0.1) is 5.57 Å². The molecule has 0 radical (unpaired) electrons. The second-order valence-corrected chi connectivity index (χ2v) is 7.00. The molecular weight excluding hydrogens is 300 g/mol. The minimum atomic E-state index is -0.133. The molecule has 4 nitrogen and oxygen atoms in total. The predicted molar refractivity (Wildman–Crippen MR) is 87.8 cm³/mol. The van der Waals surface area contributed by atoms with E-state index in [1.54, 1.807) is 0 Å². The van der Waals surface area contributed by atoms with Crippen LogP contribution in [-0.4, -0.2) is 22.5 Å². The highest BCUT2D eigenvalue weighted by Crippen LogP contribution is 2.43. The molecule has 0 atom stereocenters. The van der Waals surface area contributed by atoms with E-state index in [-0.39, 0.29) is 11.0 Å². The largest absolute Gasteiger partial charge is 0.333 e. The van der Waals surface area contributed by atoms with Crippen molar-refractivity contribution in [1.29, 1.82) is 15.8 Å². The van der Waals surface area contributed by atoms with E-state index in [0.717, 1.165) is 5.70 Å². The Hall–Kier alpha value is -1.81. The highest BCUT2D eigenvalue weighted by molar-refractivity contribution is 8.22. The van der Waals surface area contributed by atoms with E-state index in [9.17, 15) is 5.26 Å². The topological polar surface area (TPSA) is 74.6 Å². The summed E-state index contributed by atoms with van der Waals surface area (Å²) >= 11 is 6.72. The summed E-state index contributed by atoms with van der Waals surface area (Å²) in [4.78, 5) is 1.81. The number of rotatable bonds is 1. The predicted octanol–water partition coefficient (Wildman–Crippen LogP) is 3.51. The highest BCUT2D eigenvalue weighted by atomic mass is 32.2. The Bertz CT molecular complexity index is 635. The second kappa shape index (κ2) is 6.76. The molecule has 0 heterocycles. The summed E-state index contributed by atoms with van der Waals surface area (Å²) in [7, 11) is 1.82. The lowest BCUT2D eigenvalue weighted by molar-refractivity contribution is 0.322. The molecule has 0 unspecified atom stereocenters. The van der Waals surface area contributed by atoms with Crippen LogP contribution in [-0.2, 0) is 0 Å². The quantitative estimate of drug-likeness (QED) is 0.544. The Morgan fingerprint density at radius 2 is 1.81 bits per heavy atom. The van der Waals surface area contributed by atoms with Crippen LogP contribution in [0.25, 0.3) is 0 Å². The van der Waals surface area contributed by atoms with Crippen LogP contribution in [0.1, 0.15) is 26.7 Å². The molecule has 21 heavy (non-hydrogen) atoms. The van der Waals surface area contributed by atoms with Gasteiger partial charge >= 0.3 is 0 Å². The van der Waals surface area contributed by atoms with Gasteiger partial charge in [-0.3, -0.25) is 0 Å². The zero-order valence-corrected chi connectivity index (χ0v) is 14.2. The standard InChI is InChI=1S/C15H16N4S2/c1-15(2)5-11(10(7-16)8-17)12(9-18)13(6-15)19(3)14(20)21-4/h5-6H2,1-4H3. The number of thiocarbonyl (C=S) groups is 1. The molecule has 0 saturated heterocycles. The third-order valence-corrected chi connectivity index (χ3v) is 4.78. The van der Waals surface area contributed by atoms with E-state index >= 15 is 0 Å². The van der Waals surface area contributed by atoms with Crippen LogP contribution < -0.4 is 0 Å². The van der Waals surface area contributed by atoms with Crippen LogP contribution in [0.15, 0.2) is 22.4 Å². The number of thioether (sulfide) groups is 1. The molecule has 0 aromatic rings. The number of hydrogen-bond acceptors (Lipinski definition) is 5. The average molecular weight is 316 g/mol. The van der Waals surface area contributed by atoms with Gasteiger partial charge in [-0.2, -0.15) is 15.8 Å². The van der Waals surface area contributed by atoms with Crippen molar-refractivity contribution >= 4 is 28.3 Å². The van der Waals surface area contributed by atoms with Gasteiger partial charge in [0.25, 0.3) is 0 Å². The van der Waals surface area contributed by atoms with Crippen LogP contribution >= 0.6 is 24.0 Å². The first kappa shape index (κ1) is 17.2. The SMILES string of the molecule is CSC(=S)N(C)C1=C(C#N)C(=C(C#N)C#N)CC(C)(C)C1. The van der Waals surface area contributed by atoms with Crippen molar-refractivity contribution in [3.63, 3.8) is 0 Å². The number of nitrogens with zero attached hydrogens (tertiary/aromatic N) is 4. The highest BCUT2D eigenvalue weighted by Gasteiger charge is 2.34. The maximum Gasteiger partial charge on any atom is 0.140 e. The third-order valence-electron chi connectivity index (χ3n) is 3.38. The fraction of sp³-hybridized carbons (Fsp3) is 0.467. The van der Waals surface area contributed by atoms with Crippen molar-refractivity contribution in [2.45, 2.75) is 26.7 Å². The molecule has 1 rings (SSSR count). The van der Waals surface area contributed by atoms with Gasteiger partial charge in [0.15, 0.2) is 0 Å². The van der Waals surface area contributed by atoms with Gasteiger partial charge in [0.1, 0.15) is 28.1 Å². The molecule has 0 spiro atoms. The zero-order chi connectivity index (χ0) is 16.2. The number of nitriles is 3. The Kier molecular flexibility index (Phi) is 5.55. The first-order chi connectivity index (χ1) is 9.81. The third kappa shape index (κ3) is 3.64. The molecule has 1 aliphatic carbocycles. The van der Waals surface area contributed by atoms with E-state index in [1.165, 1.54) is 11.8 Å². The fourth-order valence-electron chi connectivity index (χ4n) is 2.38. The normalized spacial score (nSPS) is 16.5. The van der Waals surface area contributed by atoms with Crippen LogP contribution in [0.2, 0.25) is 0 Å². The lowest BCUT2D eigenvalue weighted by atomic mass is 9.72. The summed E-state index contributed by atoms with van der Waals surface area (Å²) in [5.41, 5.74) is 1.61.